The molecule has 7 heteroatoms. The number of anilines is 2. The van der Waals surface area contributed by atoms with Gasteiger partial charge in [-0.15, -0.1) is 0 Å². The highest BCUT2D eigenvalue weighted by Crippen LogP contribution is 2.25. The molecule has 2 aromatic heterocycles. The van der Waals surface area contributed by atoms with Crippen LogP contribution >= 0.6 is 11.8 Å². The van der Waals surface area contributed by atoms with Crippen molar-refractivity contribution in [2.75, 3.05) is 11.2 Å². The number of hydrazine groups is 1. The summed E-state index contributed by atoms with van der Waals surface area (Å²) >= 11 is 1.39. The molecule has 16 heavy (non-hydrogen) atoms. The van der Waals surface area contributed by atoms with E-state index in [-0.39, 0.29) is 5.95 Å². The third kappa shape index (κ3) is 2.59. The lowest BCUT2D eigenvalue weighted by Gasteiger charge is -2.03. The molecule has 2 rings (SSSR count). The predicted molar refractivity (Wildman–Crippen MR) is 62.6 cm³/mol. The Morgan fingerprint density at radius 2 is 2.06 bits per heavy atom. The zero-order valence-corrected chi connectivity index (χ0v) is 9.11. The van der Waals surface area contributed by atoms with Crippen LogP contribution in [-0.4, -0.2) is 15.0 Å². The fourth-order valence-corrected chi connectivity index (χ4v) is 1.87. The van der Waals surface area contributed by atoms with Gasteiger partial charge in [0.25, 0.3) is 0 Å². The molecule has 2 aromatic rings. The van der Waals surface area contributed by atoms with Crippen LogP contribution in [0.25, 0.3) is 0 Å². The van der Waals surface area contributed by atoms with Crippen LogP contribution in [0.5, 0.6) is 0 Å². The summed E-state index contributed by atoms with van der Waals surface area (Å²) < 4.78 is 0. The maximum Gasteiger partial charge on any atom is 0.223 e. The SMILES string of the molecule is NNc1cc(Sc2ccccn2)nc(N)n1. The molecule has 0 atom stereocenters. The molecule has 0 aliphatic carbocycles. The van der Waals surface area contributed by atoms with Gasteiger partial charge in [-0.1, -0.05) is 6.07 Å². The Hall–Kier alpha value is -1.86. The average molecular weight is 234 g/mol. The first-order valence-electron chi connectivity index (χ1n) is 4.48. The van der Waals surface area contributed by atoms with Crippen LogP contribution in [-0.2, 0) is 0 Å². The standard InChI is InChI=1S/C9H10N6S/c10-9-13-6(15-11)5-8(14-9)16-7-3-1-2-4-12-7/h1-5H,11H2,(H3,10,13,14,15). The molecular weight excluding hydrogens is 224 g/mol. The number of aromatic nitrogens is 3. The van der Waals surface area contributed by atoms with E-state index >= 15 is 0 Å². The van der Waals surface area contributed by atoms with E-state index in [2.05, 4.69) is 20.4 Å². The third-order valence-corrected chi connectivity index (χ3v) is 2.58. The summed E-state index contributed by atoms with van der Waals surface area (Å²) in [5.41, 5.74) is 7.97. The van der Waals surface area contributed by atoms with E-state index < -0.39 is 0 Å². The number of hydrogen-bond donors (Lipinski definition) is 3. The normalized spacial score (nSPS) is 10.1. The molecular formula is C9H10N6S. The Morgan fingerprint density at radius 1 is 1.19 bits per heavy atom. The van der Waals surface area contributed by atoms with Gasteiger partial charge in [0.2, 0.25) is 5.95 Å². The molecule has 0 aliphatic rings. The molecule has 0 radical (unpaired) electrons. The minimum atomic E-state index is 0.175. The van der Waals surface area contributed by atoms with Gasteiger partial charge in [-0.25, -0.2) is 15.8 Å². The smallest absolute Gasteiger partial charge is 0.223 e. The summed E-state index contributed by atoms with van der Waals surface area (Å²) in [6, 6.07) is 7.35. The molecule has 2 heterocycles. The second kappa shape index (κ2) is 4.77. The van der Waals surface area contributed by atoms with Crippen molar-refractivity contribution >= 4 is 23.5 Å². The third-order valence-electron chi connectivity index (χ3n) is 1.71. The van der Waals surface area contributed by atoms with Gasteiger partial charge in [0.05, 0.1) is 0 Å². The Labute approximate surface area is 96.5 Å². The van der Waals surface area contributed by atoms with Crippen molar-refractivity contribution in [1.82, 2.24) is 15.0 Å². The highest BCUT2D eigenvalue weighted by atomic mass is 32.2. The van der Waals surface area contributed by atoms with E-state index in [1.54, 1.807) is 12.3 Å². The maximum absolute atomic E-state index is 5.54. The first-order chi connectivity index (χ1) is 7.78. The maximum atomic E-state index is 5.54. The monoisotopic (exact) mass is 234 g/mol. The molecule has 0 bridgehead atoms. The van der Waals surface area contributed by atoms with E-state index in [4.69, 9.17) is 11.6 Å². The van der Waals surface area contributed by atoms with E-state index in [9.17, 15) is 0 Å². The molecule has 0 saturated heterocycles. The van der Waals surface area contributed by atoms with Gasteiger partial charge in [0.15, 0.2) is 0 Å². The van der Waals surface area contributed by atoms with Crippen LogP contribution in [0.3, 0.4) is 0 Å². The van der Waals surface area contributed by atoms with Gasteiger partial charge in [0, 0.05) is 12.3 Å². The largest absolute Gasteiger partial charge is 0.368 e. The lowest BCUT2D eigenvalue weighted by atomic mass is 10.5. The Bertz CT molecular complexity index is 475. The molecule has 82 valence electrons. The first kappa shape index (κ1) is 10.7. The second-order valence-electron chi connectivity index (χ2n) is 2.86. The number of nitrogens with one attached hydrogen (secondary N) is 1. The summed E-state index contributed by atoms with van der Waals surface area (Å²) in [6.45, 7) is 0. The van der Waals surface area contributed by atoms with Crippen molar-refractivity contribution in [3.05, 3.63) is 30.5 Å². The topological polar surface area (TPSA) is 103 Å². The summed E-state index contributed by atoms with van der Waals surface area (Å²) in [7, 11) is 0. The zero-order chi connectivity index (χ0) is 11.4. The number of pyridine rings is 1. The lowest BCUT2D eigenvalue weighted by Crippen LogP contribution is -2.10. The number of nitrogens with zero attached hydrogens (tertiary/aromatic N) is 3. The highest BCUT2D eigenvalue weighted by Gasteiger charge is 2.03. The summed E-state index contributed by atoms with van der Waals surface area (Å²) in [5, 5.41) is 1.53. The number of nitrogen functional groups attached to an aromatic ring is 2. The Balaban J connectivity index is 2.24. The molecule has 0 spiro atoms. The fraction of sp³-hybridized carbons (Fsp3) is 0. The first-order valence-corrected chi connectivity index (χ1v) is 5.29. The molecule has 0 unspecified atom stereocenters. The van der Waals surface area contributed by atoms with E-state index in [0.29, 0.717) is 10.8 Å². The van der Waals surface area contributed by atoms with Crippen molar-refractivity contribution in [2.45, 2.75) is 10.1 Å². The van der Waals surface area contributed by atoms with Gasteiger partial charge in [-0.3, -0.25) is 0 Å². The quantitative estimate of drug-likeness (QED) is 0.411. The summed E-state index contributed by atoms with van der Waals surface area (Å²) in [4.78, 5) is 12.1. The summed E-state index contributed by atoms with van der Waals surface area (Å²) in [6.07, 6.45) is 1.72. The van der Waals surface area contributed by atoms with Crippen LogP contribution in [0, 0.1) is 0 Å². The number of hydrogen-bond acceptors (Lipinski definition) is 7. The van der Waals surface area contributed by atoms with Gasteiger partial charge >= 0.3 is 0 Å². The predicted octanol–water partition coefficient (Wildman–Crippen LogP) is 0.891. The van der Waals surface area contributed by atoms with Gasteiger partial charge in [0.1, 0.15) is 15.9 Å². The fourth-order valence-electron chi connectivity index (χ4n) is 1.08. The number of nitrogens with two attached hydrogens (primary N) is 2. The Kier molecular flexibility index (Phi) is 3.18. The zero-order valence-electron chi connectivity index (χ0n) is 8.29. The molecule has 0 aliphatic heterocycles. The van der Waals surface area contributed by atoms with Crippen molar-refractivity contribution in [3.63, 3.8) is 0 Å². The minimum Gasteiger partial charge on any atom is -0.368 e. The van der Waals surface area contributed by atoms with Crippen LogP contribution < -0.4 is 17.0 Å². The number of rotatable bonds is 3. The van der Waals surface area contributed by atoms with E-state index in [1.165, 1.54) is 11.8 Å². The van der Waals surface area contributed by atoms with Crippen LogP contribution in [0.15, 0.2) is 40.5 Å². The van der Waals surface area contributed by atoms with Crippen LogP contribution in [0.1, 0.15) is 0 Å². The molecule has 0 fully saturated rings. The van der Waals surface area contributed by atoms with Crippen LogP contribution in [0.2, 0.25) is 0 Å². The van der Waals surface area contributed by atoms with E-state index in [0.717, 1.165) is 5.03 Å². The Morgan fingerprint density at radius 3 is 2.75 bits per heavy atom. The average Bonchev–Trinajstić information content (AvgIpc) is 2.29. The lowest BCUT2D eigenvalue weighted by molar-refractivity contribution is 1.04. The molecule has 0 saturated carbocycles. The van der Waals surface area contributed by atoms with E-state index in [1.807, 2.05) is 18.2 Å². The molecule has 6 nitrogen and oxygen atoms in total. The molecule has 0 aromatic carbocycles. The van der Waals surface area contributed by atoms with Crippen molar-refractivity contribution in [1.29, 1.82) is 0 Å². The van der Waals surface area contributed by atoms with Gasteiger partial charge < -0.3 is 11.2 Å². The second-order valence-corrected chi connectivity index (χ2v) is 3.90. The minimum absolute atomic E-state index is 0.175. The van der Waals surface area contributed by atoms with Crippen LogP contribution in [0.4, 0.5) is 11.8 Å². The van der Waals surface area contributed by atoms with Crippen molar-refractivity contribution in [3.8, 4) is 0 Å². The van der Waals surface area contributed by atoms with Crippen molar-refractivity contribution < 1.29 is 0 Å². The van der Waals surface area contributed by atoms with Gasteiger partial charge in [-0.05, 0) is 23.9 Å². The van der Waals surface area contributed by atoms with Crippen molar-refractivity contribution in [2.24, 2.45) is 5.84 Å². The molecule has 0 amide bonds. The highest BCUT2D eigenvalue weighted by molar-refractivity contribution is 7.99. The summed E-state index contributed by atoms with van der Waals surface area (Å²) in [5.74, 6) is 5.91. The molecule has 5 N–H and O–H groups in total. The van der Waals surface area contributed by atoms with Gasteiger partial charge in [-0.2, -0.15) is 4.98 Å².